The largest absolute Gasteiger partial charge is 0.325 e. The lowest BCUT2D eigenvalue weighted by Crippen LogP contribution is -2.36. The third kappa shape index (κ3) is 6.38. The monoisotopic (exact) mass is 394 g/mol. The molecule has 2 rings (SSSR count). The summed E-state index contributed by atoms with van der Waals surface area (Å²) in [5.74, 6) is -4.07. The Kier molecular flexibility index (Phi) is 7.42. The Bertz CT molecular complexity index is 826. The average molecular weight is 394 g/mol. The number of ketones is 2. The number of hydrogen-bond donors (Lipinski definition) is 2. The fourth-order valence-electron chi connectivity index (χ4n) is 2.88. The molecule has 0 spiro atoms. The summed E-state index contributed by atoms with van der Waals surface area (Å²) in [6.07, 6.45) is -0.180. The van der Waals surface area contributed by atoms with Gasteiger partial charge in [0.1, 0.15) is 11.6 Å². The molecule has 0 aliphatic rings. The van der Waals surface area contributed by atoms with Crippen molar-refractivity contribution in [1.29, 1.82) is 0 Å². The summed E-state index contributed by atoms with van der Waals surface area (Å²) in [5.41, 5.74) is 3.18. The molecule has 6 heteroatoms. The quantitative estimate of drug-likeness (QED) is 0.668. The average Bonchev–Trinajstić information content (AvgIpc) is 2.65. The minimum absolute atomic E-state index is 0.180. The molecule has 0 bridgehead atoms. The Labute approximate surface area is 170 Å². The molecule has 0 saturated carbocycles. The van der Waals surface area contributed by atoms with E-state index in [4.69, 9.17) is 0 Å². The van der Waals surface area contributed by atoms with Crippen LogP contribution in [0.5, 0.6) is 0 Å². The number of hydrogen-bond acceptors (Lipinski definition) is 4. The number of rotatable bonds is 8. The van der Waals surface area contributed by atoms with Crippen LogP contribution in [-0.2, 0) is 19.2 Å². The Balaban J connectivity index is 2.13. The highest BCUT2D eigenvalue weighted by Gasteiger charge is 2.33. The van der Waals surface area contributed by atoms with Crippen LogP contribution in [0.25, 0.3) is 0 Å². The van der Waals surface area contributed by atoms with Crippen molar-refractivity contribution >= 4 is 34.8 Å². The molecule has 0 aliphatic heterocycles. The van der Waals surface area contributed by atoms with E-state index in [0.29, 0.717) is 11.4 Å². The first-order valence-corrected chi connectivity index (χ1v) is 9.43. The summed E-state index contributed by atoms with van der Waals surface area (Å²) in [7, 11) is 0. The van der Waals surface area contributed by atoms with Crippen LogP contribution in [0.4, 0.5) is 11.4 Å². The lowest BCUT2D eigenvalue weighted by atomic mass is 9.88. The predicted molar refractivity (Wildman–Crippen MR) is 113 cm³/mol. The summed E-state index contributed by atoms with van der Waals surface area (Å²) in [4.78, 5) is 49.5. The molecule has 0 radical (unpaired) electrons. The second-order valence-electron chi connectivity index (χ2n) is 7.27. The van der Waals surface area contributed by atoms with Gasteiger partial charge in [0, 0.05) is 11.4 Å². The molecule has 29 heavy (non-hydrogen) atoms. The van der Waals surface area contributed by atoms with E-state index in [0.717, 1.165) is 11.1 Å². The molecule has 2 atom stereocenters. The smallest absolute Gasteiger partial charge is 0.234 e. The van der Waals surface area contributed by atoms with E-state index >= 15 is 0 Å². The predicted octanol–water partition coefficient (Wildman–Crippen LogP) is 3.68. The van der Waals surface area contributed by atoms with Gasteiger partial charge in [-0.05, 0) is 58.4 Å². The van der Waals surface area contributed by atoms with Crippen molar-refractivity contribution in [3.63, 3.8) is 0 Å². The number of anilines is 2. The van der Waals surface area contributed by atoms with Crippen molar-refractivity contribution < 1.29 is 19.2 Å². The third-order valence-corrected chi connectivity index (χ3v) is 4.72. The summed E-state index contributed by atoms with van der Waals surface area (Å²) >= 11 is 0. The van der Waals surface area contributed by atoms with E-state index in [1.165, 1.54) is 13.8 Å². The van der Waals surface area contributed by atoms with E-state index in [2.05, 4.69) is 10.6 Å². The van der Waals surface area contributed by atoms with E-state index < -0.39 is 35.2 Å². The minimum Gasteiger partial charge on any atom is -0.325 e. The summed E-state index contributed by atoms with van der Waals surface area (Å²) in [6.45, 7) is 6.42. The fraction of sp³-hybridized carbons (Fsp3) is 0.304. The third-order valence-electron chi connectivity index (χ3n) is 4.72. The van der Waals surface area contributed by atoms with Crippen molar-refractivity contribution in [2.24, 2.45) is 11.8 Å². The van der Waals surface area contributed by atoms with Crippen molar-refractivity contribution in [3.05, 3.63) is 59.7 Å². The van der Waals surface area contributed by atoms with Crippen LogP contribution in [0.15, 0.2) is 48.5 Å². The van der Waals surface area contributed by atoms with Gasteiger partial charge in [-0.15, -0.1) is 0 Å². The van der Waals surface area contributed by atoms with Gasteiger partial charge in [0.05, 0.1) is 11.8 Å². The molecule has 0 aliphatic carbocycles. The number of amides is 2. The van der Waals surface area contributed by atoms with E-state index in [1.807, 2.05) is 38.1 Å². The maximum atomic E-state index is 12.6. The highest BCUT2D eigenvalue weighted by Crippen LogP contribution is 2.20. The lowest BCUT2D eigenvalue weighted by Gasteiger charge is -2.19. The van der Waals surface area contributed by atoms with E-state index in [1.54, 1.807) is 24.3 Å². The normalized spacial score (nSPS) is 12.6. The van der Waals surface area contributed by atoms with Crippen LogP contribution >= 0.6 is 0 Å². The van der Waals surface area contributed by atoms with Crippen molar-refractivity contribution in [2.45, 2.75) is 34.1 Å². The Morgan fingerprint density at radius 2 is 0.966 bits per heavy atom. The van der Waals surface area contributed by atoms with Gasteiger partial charge in [0.2, 0.25) is 11.8 Å². The van der Waals surface area contributed by atoms with Crippen LogP contribution in [-0.4, -0.2) is 23.4 Å². The highest BCUT2D eigenvalue weighted by molar-refractivity contribution is 6.10. The first kappa shape index (κ1) is 22.0. The molecule has 2 aromatic rings. The molecular weight excluding hydrogens is 368 g/mol. The number of nitrogens with one attached hydrogen (secondary N) is 2. The SMILES string of the molecule is CC(=O)[C@@H](C[C@@H](C(C)=O)C(=O)Nc1ccc(C)cc1)C(=O)Nc1ccc(C)cc1. The van der Waals surface area contributed by atoms with E-state index in [9.17, 15) is 19.2 Å². The molecular formula is C23H26N2O4. The first-order valence-electron chi connectivity index (χ1n) is 9.43. The molecule has 0 fully saturated rings. The summed E-state index contributed by atoms with van der Waals surface area (Å²) < 4.78 is 0. The molecule has 2 amide bonds. The van der Waals surface area contributed by atoms with Gasteiger partial charge >= 0.3 is 0 Å². The summed E-state index contributed by atoms with van der Waals surface area (Å²) in [6, 6.07) is 14.3. The number of aryl methyl sites for hydroxylation is 2. The van der Waals surface area contributed by atoms with Crippen molar-refractivity contribution in [2.75, 3.05) is 10.6 Å². The van der Waals surface area contributed by atoms with Crippen LogP contribution in [0.1, 0.15) is 31.4 Å². The van der Waals surface area contributed by atoms with E-state index in [-0.39, 0.29) is 6.42 Å². The van der Waals surface area contributed by atoms with Gasteiger partial charge in [0.15, 0.2) is 0 Å². The standard InChI is InChI=1S/C23H26N2O4/c1-14-5-9-18(10-6-14)24-22(28)20(16(3)26)13-21(17(4)27)23(29)25-19-11-7-15(2)8-12-19/h5-12,20-21H,13H2,1-4H3,(H,24,28)(H,25,29)/t20-,21+. The Hall–Kier alpha value is -3.28. The van der Waals surface area contributed by atoms with Gasteiger partial charge in [-0.1, -0.05) is 35.4 Å². The topological polar surface area (TPSA) is 92.3 Å². The zero-order chi connectivity index (χ0) is 21.6. The van der Waals surface area contributed by atoms with Gasteiger partial charge in [-0.2, -0.15) is 0 Å². The zero-order valence-electron chi connectivity index (χ0n) is 17.1. The second-order valence-corrected chi connectivity index (χ2v) is 7.27. The van der Waals surface area contributed by atoms with Gasteiger partial charge in [-0.3, -0.25) is 19.2 Å². The molecule has 0 aromatic heterocycles. The molecule has 0 heterocycles. The number of benzene rings is 2. The first-order chi connectivity index (χ1) is 13.7. The van der Waals surface area contributed by atoms with Crippen LogP contribution in [0, 0.1) is 25.7 Å². The molecule has 0 unspecified atom stereocenters. The van der Waals surface area contributed by atoms with Crippen LogP contribution in [0.3, 0.4) is 0 Å². The van der Waals surface area contributed by atoms with Crippen molar-refractivity contribution in [3.8, 4) is 0 Å². The van der Waals surface area contributed by atoms with Crippen LogP contribution < -0.4 is 10.6 Å². The molecule has 152 valence electrons. The molecule has 0 saturated heterocycles. The fourth-order valence-corrected chi connectivity index (χ4v) is 2.88. The minimum atomic E-state index is -1.10. The summed E-state index contributed by atoms with van der Waals surface area (Å²) in [5, 5.41) is 5.37. The van der Waals surface area contributed by atoms with Gasteiger partial charge in [0.25, 0.3) is 0 Å². The number of carbonyl (C=O) groups excluding carboxylic acids is 4. The second kappa shape index (κ2) is 9.78. The van der Waals surface area contributed by atoms with Gasteiger partial charge in [-0.25, -0.2) is 0 Å². The lowest BCUT2D eigenvalue weighted by molar-refractivity contribution is -0.133. The highest BCUT2D eigenvalue weighted by atomic mass is 16.2. The zero-order valence-corrected chi connectivity index (χ0v) is 17.1. The van der Waals surface area contributed by atoms with Gasteiger partial charge < -0.3 is 10.6 Å². The van der Waals surface area contributed by atoms with Crippen molar-refractivity contribution in [1.82, 2.24) is 0 Å². The number of Topliss-reactive ketones (excluding diaryl/α,β-unsaturated/α-hetero) is 2. The maximum absolute atomic E-state index is 12.6. The number of carbonyl (C=O) groups is 4. The molecule has 2 N–H and O–H groups in total. The molecule has 2 aromatic carbocycles. The maximum Gasteiger partial charge on any atom is 0.234 e. The molecule has 6 nitrogen and oxygen atoms in total. The Morgan fingerprint density at radius 1 is 0.655 bits per heavy atom. The van der Waals surface area contributed by atoms with Crippen LogP contribution in [0.2, 0.25) is 0 Å². The Morgan fingerprint density at radius 3 is 1.24 bits per heavy atom.